The molecule has 1 aromatic carbocycles. The molecule has 0 spiro atoms. The molecule has 114 valence electrons. The van der Waals surface area contributed by atoms with Crippen LogP contribution in [0.5, 0.6) is 11.5 Å². The van der Waals surface area contributed by atoms with Crippen molar-refractivity contribution in [3.63, 3.8) is 0 Å². The lowest BCUT2D eigenvalue weighted by Crippen LogP contribution is -2.25. The van der Waals surface area contributed by atoms with Crippen LogP contribution in [0.2, 0.25) is 0 Å². The number of methoxy groups -OCH3 is 2. The molecule has 5 heteroatoms. The molecule has 1 aromatic heterocycles. The highest BCUT2D eigenvalue weighted by molar-refractivity contribution is 5.43. The van der Waals surface area contributed by atoms with E-state index in [0.29, 0.717) is 0 Å². The summed E-state index contributed by atoms with van der Waals surface area (Å²) in [5, 5.41) is 3.58. The van der Waals surface area contributed by atoms with Crippen molar-refractivity contribution in [2.75, 3.05) is 14.2 Å². The fourth-order valence-electron chi connectivity index (χ4n) is 2.41. The molecular weight excluding hydrogens is 266 g/mol. The van der Waals surface area contributed by atoms with Crippen molar-refractivity contribution in [1.29, 1.82) is 0 Å². The standard InChI is InChI=1S/C16H23N3O2/c1-5-13(19-11(2)16-17-8-9-18-16)12-6-7-14(20-3)15(10-12)21-4/h6-11,13,19H,5H2,1-4H3,(H,17,18). The lowest BCUT2D eigenvalue weighted by atomic mass is 10.0. The monoisotopic (exact) mass is 289 g/mol. The number of hydrogen-bond acceptors (Lipinski definition) is 4. The van der Waals surface area contributed by atoms with E-state index in [9.17, 15) is 0 Å². The zero-order valence-corrected chi connectivity index (χ0v) is 13.0. The first-order chi connectivity index (χ1) is 10.2. The van der Waals surface area contributed by atoms with Crippen LogP contribution in [0.4, 0.5) is 0 Å². The van der Waals surface area contributed by atoms with Crippen LogP contribution in [0, 0.1) is 0 Å². The van der Waals surface area contributed by atoms with Crippen molar-refractivity contribution in [1.82, 2.24) is 15.3 Å². The largest absolute Gasteiger partial charge is 0.493 e. The van der Waals surface area contributed by atoms with E-state index in [2.05, 4.69) is 35.2 Å². The Morgan fingerprint density at radius 2 is 2.00 bits per heavy atom. The third-order valence-electron chi connectivity index (χ3n) is 3.60. The molecule has 0 saturated carbocycles. The third kappa shape index (κ3) is 3.55. The van der Waals surface area contributed by atoms with Crippen molar-refractivity contribution < 1.29 is 9.47 Å². The highest BCUT2D eigenvalue weighted by atomic mass is 16.5. The van der Waals surface area contributed by atoms with Crippen LogP contribution in [0.25, 0.3) is 0 Å². The van der Waals surface area contributed by atoms with Crippen LogP contribution < -0.4 is 14.8 Å². The molecule has 21 heavy (non-hydrogen) atoms. The summed E-state index contributed by atoms with van der Waals surface area (Å²) in [6, 6.07) is 6.41. The fourth-order valence-corrected chi connectivity index (χ4v) is 2.41. The maximum absolute atomic E-state index is 5.38. The number of benzene rings is 1. The highest BCUT2D eigenvalue weighted by Crippen LogP contribution is 2.31. The second kappa shape index (κ2) is 7.13. The van der Waals surface area contributed by atoms with Gasteiger partial charge in [0.1, 0.15) is 5.82 Å². The molecule has 1 heterocycles. The summed E-state index contributed by atoms with van der Waals surface area (Å²) in [4.78, 5) is 7.44. The van der Waals surface area contributed by atoms with Gasteiger partial charge in [-0.1, -0.05) is 13.0 Å². The summed E-state index contributed by atoms with van der Waals surface area (Å²) in [6.45, 7) is 4.26. The van der Waals surface area contributed by atoms with E-state index in [1.807, 2.05) is 18.3 Å². The van der Waals surface area contributed by atoms with E-state index in [1.165, 1.54) is 5.56 Å². The minimum Gasteiger partial charge on any atom is -0.493 e. The highest BCUT2D eigenvalue weighted by Gasteiger charge is 2.17. The van der Waals surface area contributed by atoms with E-state index < -0.39 is 0 Å². The molecule has 0 aliphatic carbocycles. The number of H-pyrrole nitrogens is 1. The van der Waals surface area contributed by atoms with E-state index in [-0.39, 0.29) is 12.1 Å². The van der Waals surface area contributed by atoms with Crippen LogP contribution in [0.1, 0.15) is 43.7 Å². The van der Waals surface area contributed by atoms with Gasteiger partial charge in [0, 0.05) is 18.4 Å². The molecule has 0 fully saturated rings. The van der Waals surface area contributed by atoms with Gasteiger partial charge in [0.25, 0.3) is 0 Å². The average Bonchev–Trinajstić information content (AvgIpc) is 3.06. The number of aromatic nitrogens is 2. The van der Waals surface area contributed by atoms with E-state index in [0.717, 1.165) is 23.7 Å². The first-order valence-electron chi connectivity index (χ1n) is 7.16. The first kappa shape index (κ1) is 15.4. The van der Waals surface area contributed by atoms with Gasteiger partial charge in [0.15, 0.2) is 11.5 Å². The predicted octanol–water partition coefficient (Wildman–Crippen LogP) is 3.23. The topological polar surface area (TPSA) is 59.2 Å². The van der Waals surface area contributed by atoms with Gasteiger partial charge in [0.05, 0.1) is 20.3 Å². The summed E-state index contributed by atoms with van der Waals surface area (Å²) in [5.41, 5.74) is 1.17. The zero-order valence-electron chi connectivity index (χ0n) is 13.0. The van der Waals surface area contributed by atoms with Crippen LogP contribution in [-0.2, 0) is 0 Å². The molecular formula is C16H23N3O2. The first-order valence-corrected chi connectivity index (χ1v) is 7.16. The van der Waals surface area contributed by atoms with Gasteiger partial charge in [-0.25, -0.2) is 4.98 Å². The Balaban J connectivity index is 2.17. The van der Waals surface area contributed by atoms with Gasteiger partial charge in [0.2, 0.25) is 0 Å². The minimum absolute atomic E-state index is 0.151. The SMILES string of the molecule is CCC(NC(C)c1ncc[nH]1)c1ccc(OC)c(OC)c1. The molecule has 0 saturated heterocycles. The maximum Gasteiger partial charge on any atom is 0.161 e. The Morgan fingerprint density at radius 1 is 1.24 bits per heavy atom. The van der Waals surface area contributed by atoms with Crippen LogP contribution >= 0.6 is 0 Å². The smallest absolute Gasteiger partial charge is 0.161 e. The zero-order chi connectivity index (χ0) is 15.2. The molecule has 2 aromatic rings. The number of ether oxygens (including phenoxy) is 2. The number of nitrogens with one attached hydrogen (secondary N) is 2. The summed E-state index contributed by atoms with van der Waals surface area (Å²) < 4.78 is 10.7. The van der Waals surface area contributed by atoms with Crippen LogP contribution in [0.15, 0.2) is 30.6 Å². The Labute approximate surface area is 125 Å². The quantitative estimate of drug-likeness (QED) is 0.821. The van der Waals surface area contributed by atoms with E-state index >= 15 is 0 Å². The lowest BCUT2D eigenvalue weighted by molar-refractivity contribution is 0.353. The fraction of sp³-hybridized carbons (Fsp3) is 0.438. The molecule has 2 atom stereocenters. The van der Waals surface area contributed by atoms with Gasteiger partial charge < -0.3 is 19.8 Å². The second-order valence-corrected chi connectivity index (χ2v) is 4.94. The summed E-state index contributed by atoms with van der Waals surface area (Å²) in [5.74, 6) is 2.44. The number of imidazole rings is 1. The maximum atomic E-state index is 5.38. The second-order valence-electron chi connectivity index (χ2n) is 4.94. The van der Waals surface area contributed by atoms with Crippen LogP contribution in [0.3, 0.4) is 0 Å². The number of rotatable bonds is 7. The predicted molar refractivity (Wildman–Crippen MR) is 82.7 cm³/mol. The Bertz CT molecular complexity index is 555. The summed E-state index contributed by atoms with van der Waals surface area (Å²) in [7, 11) is 3.30. The average molecular weight is 289 g/mol. The number of aromatic amines is 1. The number of nitrogens with zero attached hydrogens (tertiary/aromatic N) is 1. The van der Waals surface area contributed by atoms with Crippen molar-refractivity contribution >= 4 is 0 Å². The molecule has 2 rings (SSSR count). The van der Waals surface area contributed by atoms with Gasteiger partial charge in [-0.3, -0.25) is 0 Å². The Morgan fingerprint density at radius 3 is 2.57 bits per heavy atom. The number of hydrogen-bond donors (Lipinski definition) is 2. The van der Waals surface area contributed by atoms with Crippen molar-refractivity contribution in [2.24, 2.45) is 0 Å². The van der Waals surface area contributed by atoms with Gasteiger partial charge in [-0.15, -0.1) is 0 Å². The molecule has 5 nitrogen and oxygen atoms in total. The third-order valence-corrected chi connectivity index (χ3v) is 3.60. The molecule has 0 bridgehead atoms. The molecule has 0 aliphatic heterocycles. The Hall–Kier alpha value is -2.01. The van der Waals surface area contributed by atoms with Crippen LogP contribution in [-0.4, -0.2) is 24.2 Å². The summed E-state index contributed by atoms with van der Waals surface area (Å²) in [6.07, 6.45) is 4.58. The van der Waals surface area contributed by atoms with E-state index in [4.69, 9.17) is 9.47 Å². The summed E-state index contributed by atoms with van der Waals surface area (Å²) >= 11 is 0. The molecule has 0 radical (unpaired) electrons. The molecule has 2 unspecified atom stereocenters. The molecule has 2 N–H and O–H groups in total. The van der Waals surface area contributed by atoms with E-state index in [1.54, 1.807) is 20.4 Å². The van der Waals surface area contributed by atoms with Crippen molar-refractivity contribution in [3.05, 3.63) is 42.0 Å². The normalized spacial score (nSPS) is 13.7. The van der Waals surface area contributed by atoms with Gasteiger partial charge in [-0.2, -0.15) is 0 Å². The van der Waals surface area contributed by atoms with Crippen molar-refractivity contribution in [3.8, 4) is 11.5 Å². The van der Waals surface area contributed by atoms with Gasteiger partial charge in [-0.05, 0) is 31.0 Å². The molecule has 0 aliphatic rings. The lowest BCUT2D eigenvalue weighted by Gasteiger charge is -2.22. The minimum atomic E-state index is 0.151. The Kier molecular flexibility index (Phi) is 5.22. The van der Waals surface area contributed by atoms with Crippen molar-refractivity contribution in [2.45, 2.75) is 32.4 Å². The van der Waals surface area contributed by atoms with Gasteiger partial charge >= 0.3 is 0 Å². The molecule has 0 amide bonds.